The maximum atomic E-state index is 5.46. The summed E-state index contributed by atoms with van der Waals surface area (Å²) in [4.78, 5) is 5.49. The van der Waals surface area contributed by atoms with Gasteiger partial charge < -0.3 is 4.42 Å². The summed E-state index contributed by atoms with van der Waals surface area (Å²) in [5.41, 5.74) is 5.16. The first kappa shape index (κ1) is 17.2. The van der Waals surface area contributed by atoms with Gasteiger partial charge in [-0.25, -0.2) is 4.68 Å². The summed E-state index contributed by atoms with van der Waals surface area (Å²) in [6.45, 7) is 10.5. The van der Waals surface area contributed by atoms with Crippen LogP contribution < -0.4 is 4.80 Å². The topological polar surface area (TPSA) is 42.8 Å². The molecule has 0 atom stereocenters. The van der Waals surface area contributed by atoms with Crippen LogP contribution in [0.1, 0.15) is 25.2 Å². The lowest BCUT2D eigenvalue weighted by atomic mass is 10.1. The van der Waals surface area contributed by atoms with Crippen molar-refractivity contribution in [3.05, 3.63) is 76.3 Å². The van der Waals surface area contributed by atoms with Gasteiger partial charge in [-0.05, 0) is 32.9 Å². The smallest absolute Gasteiger partial charge is 0.206 e. The van der Waals surface area contributed by atoms with Crippen LogP contribution in [0.25, 0.3) is 11.3 Å². The second-order valence-electron chi connectivity index (χ2n) is 6.02. The highest BCUT2D eigenvalue weighted by Gasteiger charge is 2.09. The monoisotopic (exact) mass is 351 g/mol. The summed E-state index contributed by atoms with van der Waals surface area (Å²) in [5, 5.41) is 6.85. The molecule has 0 spiro atoms. The highest BCUT2D eigenvalue weighted by Crippen LogP contribution is 2.21. The molecule has 128 valence electrons. The van der Waals surface area contributed by atoms with Gasteiger partial charge in [0.2, 0.25) is 4.80 Å². The molecule has 0 N–H and O–H groups in total. The first-order valence-corrected chi connectivity index (χ1v) is 8.94. The molecule has 0 bridgehead atoms. The number of aryl methyl sites for hydroxylation is 1. The Hall–Kier alpha value is -2.66. The first-order valence-electron chi connectivity index (χ1n) is 8.06. The number of furan rings is 1. The summed E-state index contributed by atoms with van der Waals surface area (Å²) in [7, 11) is 0. The van der Waals surface area contributed by atoms with Crippen molar-refractivity contribution in [3.8, 4) is 11.3 Å². The third kappa shape index (κ3) is 4.06. The molecule has 1 aromatic carbocycles. The Morgan fingerprint density at radius 1 is 1.20 bits per heavy atom. The molecule has 0 saturated heterocycles. The average Bonchev–Trinajstić information content (AvgIpc) is 3.24. The Balaban J connectivity index is 2.13. The van der Waals surface area contributed by atoms with Crippen LogP contribution in [0.3, 0.4) is 0 Å². The number of aromatic nitrogens is 1. The van der Waals surface area contributed by atoms with Crippen molar-refractivity contribution in [2.45, 2.75) is 20.8 Å². The van der Waals surface area contributed by atoms with Crippen molar-refractivity contribution in [3.63, 3.8) is 0 Å². The normalized spacial score (nSPS) is 12.6. The van der Waals surface area contributed by atoms with E-state index < -0.39 is 0 Å². The van der Waals surface area contributed by atoms with Gasteiger partial charge in [0, 0.05) is 10.9 Å². The molecule has 0 fully saturated rings. The highest BCUT2D eigenvalue weighted by atomic mass is 32.1. The van der Waals surface area contributed by atoms with Crippen LogP contribution in [-0.4, -0.2) is 16.9 Å². The fourth-order valence-corrected chi connectivity index (χ4v) is 3.14. The van der Waals surface area contributed by atoms with Gasteiger partial charge in [0.25, 0.3) is 0 Å². The third-order valence-corrected chi connectivity index (χ3v) is 4.50. The van der Waals surface area contributed by atoms with Gasteiger partial charge in [-0.2, -0.15) is 5.10 Å². The number of benzene rings is 1. The summed E-state index contributed by atoms with van der Waals surface area (Å²) in [5.74, 6) is 0.749. The molecule has 0 saturated carbocycles. The second-order valence-corrected chi connectivity index (χ2v) is 6.85. The summed E-state index contributed by atoms with van der Waals surface area (Å²) in [6, 6.07) is 12.2. The van der Waals surface area contributed by atoms with E-state index in [1.165, 1.54) is 5.56 Å². The lowest BCUT2D eigenvalue weighted by Gasteiger charge is -2.05. The van der Waals surface area contributed by atoms with E-state index in [-0.39, 0.29) is 0 Å². The number of thiazole rings is 1. The maximum Gasteiger partial charge on any atom is 0.206 e. The van der Waals surface area contributed by atoms with Crippen LogP contribution in [0, 0.1) is 6.92 Å². The van der Waals surface area contributed by atoms with Crippen LogP contribution in [-0.2, 0) is 0 Å². The van der Waals surface area contributed by atoms with Gasteiger partial charge >= 0.3 is 0 Å². The zero-order valence-electron chi connectivity index (χ0n) is 14.7. The number of rotatable bonds is 5. The summed E-state index contributed by atoms with van der Waals surface area (Å²) < 4.78 is 7.34. The molecule has 0 aliphatic heterocycles. The number of nitrogens with zero attached hydrogens (tertiary/aromatic N) is 3. The third-order valence-electron chi connectivity index (χ3n) is 3.64. The maximum absolute atomic E-state index is 5.46. The van der Waals surface area contributed by atoms with Crippen LogP contribution in [0.5, 0.6) is 0 Å². The van der Waals surface area contributed by atoms with E-state index in [9.17, 15) is 0 Å². The fourth-order valence-electron chi connectivity index (χ4n) is 2.31. The van der Waals surface area contributed by atoms with E-state index in [0.717, 1.165) is 33.1 Å². The molecule has 3 aromatic rings. The molecule has 2 aromatic heterocycles. The number of hydrogen-bond donors (Lipinski definition) is 0. The Morgan fingerprint density at radius 2 is 1.96 bits per heavy atom. The SMILES string of the molecule is C=C(C)CN=c1scc(-c2ccc(C)cc2)n1N=C(C)c1ccco1. The Labute approximate surface area is 151 Å². The van der Waals surface area contributed by atoms with Gasteiger partial charge in [-0.3, -0.25) is 4.99 Å². The largest absolute Gasteiger partial charge is 0.463 e. The molecule has 3 rings (SSSR count). The minimum atomic E-state index is 0.586. The molecule has 4 nitrogen and oxygen atoms in total. The molecular formula is C20H21N3OS. The van der Waals surface area contributed by atoms with Crippen molar-refractivity contribution in [1.29, 1.82) is 0 Å². The van der Waals surface area contributed by atoms with Gasteiger partial charge in [-0.15, -0.1) is 11.3 Å². The fraction of sp³-hybridized carbons (Fsp3) is 0.200. The zero-order chi connectivity index (χ0) is 17.8. The van der Waals surface area contributed by atoms with E-state index in [1.807, 2.05) is 30.7 Å². The van der Waals surface area contributed by atoms with Crippen molar-refractivity contribution < 1.29 is 4.42 Å². The quantitative estimate of drug-likeness (QED) is 0.478. The molecule has 0 unspecified atom stereocenters. The van der Waals surface area contributed by atoms with Gasteiger partial charge in [0.05, 0.1) is 18.5 Å². The Kier molecular flexibility index (Phi) is 5.14. The van der Waals surface area contributed by atoms with E-state index in [2.05, 4.69) is 48.1 Å². The van der Waals surface area contributed by atoms with Gasteiger partial charge in [0.1, 0.15) is 11.5 Å². The second kappa shape index (κ2) is 7.49. The molecule has 0 aliphatic rings. The highest BCUT2D eigenvalue weighted by molar-refractivity contribution is 7.07. The Bertz CT molecular complexity index is 957. The predicted octanol–water partition coefficient (Wildman–Crippen LogP) is 4.87. The lowest BCUT2D eigenvalue weighted by Crippen LogP contribution is -2.14. The molecule has 25 heavy (non-hydrogen) atoms. The molecule has 0 aliphatic carbocycles. The van der Waals surface area contributed by atoms with Crippen LogP contribution in [0.2, 0.25) is 0 Å². The van der Waals surface area contributed by atoms with Crippen LogP contribution in [0.4, 0.5) is 0 Å². The number of hydrogen-bond acceptors (Lipinski definition) is 4. The lowest BCUT2D eigenvalue weighted by molar-refractivity contribution is 0.556. The van der Waals surface area contributed by atoms with Gasteiger partial charge in [0.15, 0.2) is 0 Å². The summed E-state index contributed by atoms with van der Waals surface area (Å²) >= 11 is 1.57. The predicted molar refractivity (Wildman–Crippen MR) is 104 cm³/mol. The molecular weight excluding hydrogens is 330 g/mol. The van der Waals surface area contributed by atoms with E-state index in [1.54, 1.807) is 17.6 Å². The molecule has 0 radical (unpaired) electrons. The van der Waals surface area contributed by atoms with E-state index in [4.69, 9.17) is 9.52 Å². The molecule has 2 heterocycles. The van der Waals surface area contributed by atoms with Crippen LogP contribution in [0.15, 0.2) is 74.7 Å². The van der Waals surface area contributed by atoms with E-state index in [0.29, 0.717) is 6.54 Å². The van der Waals surface area contributed by atoms with Crippen LogP contribution >= 0.6 is 11.3 Å². The minimum Gasteiger partial charge on any atom is -0.463 e. The van der Waals surface area contributed by atoms with Crippen molar-refractivity contribution in [2.75, 3.05) is 6.54 Å². The summed E-state index contributed by atoms with van der Waals surface area (Å²) in [6.07, 6.45) is 1.65. The first-order chi connectivity index (χ1) is 12.0. The Morgan fingerprint density at radius 3 is 2.60 bits per heavy atom. The van der Waals surface area contributed by atoms with Crippen molar-refractivity contribution >= 4 is 17.0 Å². The van der Waals surface area contributed by atoms with Gasteiger partial charge in [-0.1, -0.05) is 42.0 Å². The molecule has 5 heteroatoms. The minimum absolute atomic E-state index is 0.586. The zero-order valence-corrected chi connectivity index (χ0v) is 15.5. The van der Waals surface area contributed by atoms with E-state index >= 15 is 0 Å². The average molecular weight is 351 g/mol. The standard InChI is InChI=1S/C20H21N3OS/c1-14(2)12-21-20-23(22-16(4)19-6-5-11-24-19)18(13-25-20)17-9-7-15(3)8-10-17/h5-11,13H,1,12H2,2-4H3. The van der Waals surface area contributed by atoms with Crippen molar-refractivity contribution in [2.24, 2.45) is 10.1 Å². The van der Waals surface area contributed by atoms with Crippen molar-refractivity contribution in [1.82, 2.24) is 4.68 Å². The molecule has 0 amide bonds.